The molecule has 24 heavy (non-hydrogen) atoms. The first kappa shape index (κ1) is 18.5. The molecule has 2 N–H and O–H groups in total. The second-order valence-electron chi connectivity index (χ2n) is 5.91. The van der Waals surface area contributed by atoms with E-state index in [4.69, 9.17) is 0 Å². The van der Waals surface area contributed by atoms with Crippen LogP contribution >= 0.6 is 0 Å². The molecule has 1 saturated heterocycles. The second-order valence-corrected chi connectivity index (χ2v) is 5.91. The molecule has 0 spiro atoms. The molecule has 0 aliphatic carbocycles. The maximum Gasteiger partial charge on any atom is 0.573 e. The summed E-state index contributed by atoms with van der Waals surface area (Å²) in [4.78, 5) is 13.9. The molecule has 0 aromatic heterocycles. The van der Waals surface area contributed by atoms with Gasteiger partial charge in [0.1, 0.15) is 11.8 Å². The summed E-state index contributed by atoms with van der Waals surface area (Å²) in [6.45, 7) is 2.11. The Morgan fingerprint density at radius 1 is 1.33 bits per heavy atom. The number of halogens is 3. The largest absolute Gasteiger partial charge is 0.573 e. The molecule has 8 heteroatoms. The molecule has 1 heterocycles. The standard InChI is InChI=1S/C16H22F3N3O2/c1-3-6-12-9-13(21-20-12)15(23)22(2)10-11-7-4-5-8-14(11)24-16(17,18)19/h4-5,7-8,12-13,20-21H,3,6,9-10H2,1-2H3. The van der Waals surface area contributed by atoms with Crippen LogP contribution in [0.15, 0.2) is 24.3 Å². The number of carbonyl (C=O) groups is 1. The van der Waals surface area contributed by atoms with E-state index < -0.39 is 6.36 Å². The number of nitrogens with zero attached hydrogens (tertiary/aromatic N) is 1. The van der Waals surface area contributed by atoms with E-state index in [0.717, 1.165) is 12.8 Å². The first-order valence-corrected chi connectivity index (χ1v) is 7.90. The van der Waals surface area contributed by atoms with Gasteiger partial charge in [0.15, 0.2) is 0 Å². The summed E-state index contributed by atoms with van der Waals surface area (Å²) >= 11 is 0. The molecule has 1 aromatic carbocycles. The zero-order valence-electron chi connectivity index (χ0n) is 13.7. The van der Waals surface area contributed by atoms with Crippen molar-refractivity contribution in [1.29, 1.82) is 0 Å². The molecule has 0 bridgehead atoms. The lowest BCUT2D eigenvalue weighted by Gasteiger charge is -2.22. The van der Waals surface area contributed by atoms with E-state index in [2.05, 4.69) is 22.5 Å². The molecule has 1 amide bonds. The van der Waals surface area contributed by atoms with Crippen molar-refractivity contribution in [2.75, 3.05) is 7.05 Å². The Balaban J connectivity index is 1.99. The molecule has 2 rings (SSSR count). The Hall–Kier alpha value is -1.80. The number of ether oxygens (including phenoxy) is 1. The Kier molecular flexibility index (Phi) is 6.06. The van der Waals surface area contributed by atoms with Crippen LogP contribution in [0.25, 0.3) is 0 Å². The summed E-state index contributed by atoms with van der Waals surface area (Å²) in [5, 5.41) is 0. The van der Waals surface area contributed by atoms with Crippen LogP contribution < -0.4 is 15.6 Å². The van der Waals surface area contributed by atoms with Crippen molar-refractivity contribution >= 4 is 5.91 Å². The van der Waals surface area contributed by atoms with E-state index in [1.807, 2.05) is 0 Å². The molecule has 1 aliphatic heterocycles. The molecular formula is C16H22F3N3O2. The number of hydrogen-bond acceptors (Lipinski definition) is 4. The van der Waals surface area contributed by atoms with E-state index >= 15 is 0 Å². The summed E-state index contributed by atoms with van der Waals surface area (Å²) in [7, 11) is 1.57. The molecule has 0 radical (unpaired) electrons. The highest BCUT2D eigenvalue weighted by molar-refractivity contribution is 5.82. The van der Waals surface area contributed by atoms with Gasteiger partial charge in [-0.3, -0.25) is 10.2 Å². The maximum absolute atomic E-state index is 12.5. The average molecular weight is 345 g/mol. The van der Waals surface area contributed by atoms with E-state index in [1.165, 1.54) is 23.1 Å². The van der Waals surface area contributed by atoms with Crippen LogP contribution in [0.2, 0.25) is 0 Å². The number of carbonyl (C=O) groups excluding carboxylic acids is 1. The van der Waals surface area contributed by atoms with E-state index in [0.29, 0.717) is 12.0 Å². The monoisotopic (exact) mass is 345 g/mol. The van der Waals surface area contributed by atoms with E-state index in [1.54, 1.807) is 13.1 Å². The number of nitrogens with one attached hydrogen (secondary N) is 2. The molecule has 1 fully saturated rings. The summed E-state index contributed by atoms with van der Waals surface area (Å²) in [5.74, 6) is -0.450. The van der Waals surface area contributed by atoms with Crippen LogP contribution in [0.5, 0.6) is 5.75 Å². The first-order chi connectivity index (χ1) is 11.3. The van der Waals surface area contributed by atoms with Gasteiger partial charge < -0.3 is 9.64 Å². The molecular weight excluding hydrogens is 323 g/mol. The molecule has 1 aromatic rings. The van der Waals surface area contributed by atoms with Gasteiger partial charge in [-0.05, 0) is 18.9 Å². The average Bonchev–Trinajstić information content (AvgIpc) is 2.96. The third-order valence-electron chi connectivity index (χ3n) is 3.90. The van der Waals surface area contributed by atoms with Crippen molar-refractivity contribution < 1.29 is 22.7 Å². The van der Waals surface area contributed by atoms with Gasteiger partial charge in [0.2, 0.25) is 5.91 Å². The van der Waals surface area contributed by atoms with Crippen molar-refractivity contribution in [3.63, 3.8) is 0 Å². The lowest BCUT2D eigenvalue weighted by molar-refractivity contribution is -0.275. The van der Waals surface area contributed by atoms with Crippen LogP contribution in [0.3, 0.4) is 0 Å². The Labute approximate surface area is 139 Å². The van der Waals surface area contributed by atoms with Crippen molar-refractivity contribution in [2.45, 2.75) is 51.2 Å². The van der Waals surface area contributed by atoms with Crippen LogP contribution in [-0.4, -0.2) is 36.3 Å². The minimum atomic E-state index is -4.76. The Morgan fingerprint density at radius 3 is 2.71 bits per heavy atom. The number of amides is 1. The summed E-state index contributed by atoms with van der Waals surface area (Å²) in [6.07, 6.45) is -2.12. The molecule has 134 valence electrons. The number of benzene rings is 1. The fraction of sp³-hybridized carbons (Fsp3) is 0.562. The SMILES string of the molecule is CCCC1CC(C(=O)N(C)Cc2ccccc2OC(F)(F)F)NN1. The summed E-state index contributed by atoms with van der Waals surface area (Å²) < 4.78 is 41.4. The minimum Gasteiger partial charge on any atom is -0.405 e. The zero-order valence-corrected chi connectivity index (χ0v) is 13.7. The van der Waals surface area contributed by atoms with Crippen LogP contribution in [0, 0.1) is 0 Å². The third kappa shape index (κ3) is 5.10. The van der Waals surface area contributed by atoms with E-state index in [-0.39, 0.29) is 30.3 Å². The van der Waals surface area contributed by atoms with Crippen molar-refractivity contribution in [3.8, 4) is 5.75 Å². The van der Waals surface area contributed by atoms with Gasteiger partial charge in [-0.1, -0.05) is 31.5 Å². The number of likely N-dealkylation sites (N-methyl/N-ethyl adjacent to an activating group) is 1. The predicted molar refractivity (Wildman–Crippen MR) is 83.0 cm³/mol. The summed E-state index contributed by atoms with van der Waals surface area (Å²) in [6, 6.07) is 5.70. The van der Waals surface area contributed by atoms with Crippen LogP contribution in [0.4, 0.5) is 13.2 Å². The molecule has 2 atom stereocenters. The smallest absolute Gasteiger partial charge is 0.405 e. The maximum atomic E-state index is 12.5. The minimum absolute atomic E-state index is 0.0434. The highest BCUT2D eigenvalue weighted by Crippen LogP contribution is 2.27. The number of para-hydroxylation sites is 1. The highest BCUT2D eigenvalue weighted by Gasteiger charge is 2.33. The quantitative estimate of drug-likeness (QED) is 0.832. The number of rotatable bonds is 6. The molecule has 2 unspecified atom stereocenters. The van der Waals surface area contributed by atoms with Gasteiger partial charge >= 0.3 is 6.36 Å². The van der Waals surface area contributed by atoms with Gasteiger partial charge in [0.25, 0.3) is 0 Å². The van der Waals surface area contributed by atoms with Crippen molar-refractivity contribution in [3.05, 3.63) is 29.8 Å². The lowest BCUT2D eigenvalue weighted by Crippen LogP contribution is -2.44. The Morgan fingerprint density at radius 2 is 2.04 bits per heavy atom. The molecule has 0 saturated carbocycles. The fourth-order valence-electron chi connectivity index (χ4n) is 2.78. The van der Waals surface area contributed by atoms with Gasteiger partial charge in [-0.15, -0.1) is 13.2 Å². The number of hydrazine groups is 1. The second kappa shape index (κ2) is 7.85. The number of alkyl halides is 3. The molecule has 5 nitrogen and oxygen atoms in total. The predicted octanol–water partition coefficient (Wildman–Crippen LogP) is 2.58. The van der Waals surface area contributed by atoms with Crippen molar-refractivity contribution in [2.24, 2.45) is 0 Å². The lowest BCUT2D eigenvalue weighted by atomic mass is 10.1. The highest BCUT2D eigenvalue weighted by atomic mass is 19.4. The van der Waals surface area contributed by atoms with Gasteiger partial charge in [-0.25, -0.2) is 5.43 Å². The van der Waals surface area contributed by atoms with Gasteiger partial charge in [0.05, 0.1) is 0 Å². The van der Waals surface area contributed by atoms with Crippen molar-refractivity contribution in [1.82, 2.24) is 15.8 Å². The first-order valence-electron chi connectivity index (χ1n) is 7.90. The van der Waals surface area contributed by atoms with Crippen LogP contribution in [0.1, 0.15) is 31.7 Å². The topological polar surface area (TPSA) is 53.6 Å². The van der Waals surface area contributed by atoms with Gasteiger partial charge in [0, 0.05) is 25.2 Å². The normalized spacial score (nSPS) is 20.9. The summed E-state index contributed by atoms with van der Waals surface area (Å²) in [5.41, 5.74) is 6.34. The molecule has 1 aliphatic rings. The fourth-order valence-corrected chi connectivity index (χ4v) is 2.78. The number of hydrogen-bond donors (Lipinski definition) is 2. The third-order valence-corrected chi connectivity index (χ3v) is 3.90. The zero-order chi connectivity index (χ0) is 17.7. The van der Waals surface area contributed by atoms with E-state index in [9.17, 15) is 18.0 Å². The Bertz CT molecular complexity index is 566. The van der Waals surface area contributed by atoms with Gasteiger partial charge in [-0.2, -0.15) is 0 Å². The van der Waals surface area contributed by atoms with Crippen LogP contribution in [-0.2, 0) is 11.3 Å².